The van der Waals surface area contributed by atoms with Crippen LogP contribution in [0.25, 0.3) is 0 Å². The molecule has 1 rings (SSSR count). The summed E-state index contributed by atoms with van der Waals surface area (Å²) in [5.41, 5.74) is 0. The molecule has 0 unspecified atom stereocenters. The van der Waals surface area contributed by atoms with Gasteiger partial charge in [-0.2, -0.15) is 0 Å². The topological polar surface area (TPSA) is 41.6 Å². The minimum absolute atomic E-state index is 0.153. The van der Waals surface area contributed by atoms with E-state index in [1.807, 2.05) is 0 Å². The molecule has 1 aliphatic heterocycles. The van der Waals surface area contributed by atoms with Gasteiger partial charge in [0.05, 0.1) is 6.61 Å². The summed E-state index contributed by atoms with van der Waals surface area (Å²) < 4.78 is 5.21. The Balaban J connectivity index is 2.19. The number of nitrogens with zero attached hydrogens (tertiary/aromatic N) is 1. The van der Waals surface area contributed by atoms with Gasteiger partial charge in [0, 0.05) is 19.6 Å². The molecule has 0 atom stereocenters. The average molecular weight is 214 g/mol. The number of carbonyl (C=O) groups excluding carboxylic acids is 1. The van der Waals surface area contributed by atoms with Crippen LogP contribution in [-0.4, -0.2) is 43.8 Å². The summed E-state index contributed by atoms with van der Waals surface area (Å²) in [4.78, 5) is 13.4. The van der Waals surface area contributed by atoms with Crippen LogP contribution in [0.4, 0.5) is 4.79 Å². The van der Waals surface area contributed by atoms with E-state index in [1.165, 1.54) is 0 Å². The largest absolute Gasteiger partial charge is 0.449 e. The molecule has 1 aliphatic rings. The monoisotopic (exact) mass is 214 g/mol. The summed E-state index contributed by atoms with van der Waals surface area (Å²) in [6, 6.07) is 0. The van der Waals surface area contributed by atoms with Crippen molar-refractivity contribution in [2.45, 2.75) is 26.7 Å². The second kappa shape index (κ2) is 6.67. The number of nitrogens with one attached hydrogen (secondary N) is 1. The van der Waals surface area contributed by atoms with Gasteiger partial charge < -0.3 is 15.0 Å². The molecule has 0 aromatic carbocycles. The summed E-state index contributed by atoms with van der Waals surface area (Å²) in [7, 11) is 0. The van der Waals surface area contributed by atoms with E-state index in [2.05, 4.69) is 19.2 Å². The van der Waals surface area contributed by atoms with Crippen LogP contribution in [0, 0.1) is 5.92 Å². The second-order valence-corrected chi connectivity index (χ2v) is 4.39. The summed E-state index contributed by atoms with van der Waals surface area (Å²) in [5, 5.41) is 3.26. The maximum Gasteiger partial charge on any atom is 0.409 e. The van der Waals surface area contributed by atoms with Crippen molar-refractivity contribution in [3.05, 3.63) is 0 Å². The smallest absolute Gasteiger partial charge is 0.409 e. The minimum atomic E-state index is -0.153. The molecule has 15 heavy (non-hydrogen) atoms. The van der Waals surface area contributed by atoms with Gasteiger partial charge >= 0.3 is 6.09 Å². The van der Waals surface area contributed by atoms with E-state index in [4.69, 9.17) is 4.74 Å². The van der Waals surface area contributed by atoms with Crippen LogP contribution in [0.15, 0.2) is 0 Å². The Hall–Kier alpha value is -0.770. The maximum absolute atomic E-state index is 11.6. The fourth-order valence-electron chi connectivity index (χ4n) is 1.50. The molecular weight excluding hydrogens is 192 g/mol. The van der Waals surface area contributed by atoms with E-state index < -0.39 is 0 Å². The first kappa shape index (κ1) is 12.3. The van der Waals surface area contributed by atoms with Crippen molar-refractivity contribution in [1.82, 2.24) is 10.2 Å². The van der Waals surface area contributed by atoms with Gasteiger partial charge in [-0.15, -0.1) is 0 Å². The first-order chi connectivity index (χ1) is 7.20. The molecule has 0 aromatic rings. The molecule has 88 valence electrons. The van der Waals surface area contributed by atoms with Crippen molar-refractivity contribution >= 4 is 6.09 Å². The first-order valence-corrected chi connectivity index (χ1v) is 5.82. The molecule has 0 aromatic heterocycles. The molecule has 1 heterocycles. The van der Waals surface area contributed by atoms with E-state index in [0.717, 1.165) is 39.0 Å². The van der Waals surface area contributed by atoms with Gasteiger partial charge in [0.15, 0.2) is 0 Å². The van der Waals surface area contributed by atoms with Crippen LogP contribution < -0.4 is 5.32 Å². The predicted octanol–water partition coefficient (Wildman–Crippen LogP) is 1.46. The zero-order valence-corrected chi connectivity index (χ0v) is 9.79. The molecule has 4 heteroatoms. The van der Waals surface area contributed by atoms with Crippen molar-refractivity contribution in [2.24, 2.45) is 5.92 Å². The van der Waals surface area contributed by atoms with Crippen molar-refractivity contribution < 1.29 is 9.53 Å². The number of rotatable bonds is 3. The van der Waals surface area contributed by atoms with Crippen molar-refractivity contribution in [3.8, 4) is 0 Å². The molecule has 0 radical (unpaired) electrons. The highest BCUT2D eigenvalue weighted by Crippen LogP contribution is 2.03. The van der Waals surface area contributed by atoms with E-state index in [-0.39, 0.29) is 6.09 Å². The molecule has 0 bridgehead atoms. The minimum Gasteiger partial charge on any atom is -0.449 e. The van der Waals surface area contributed by atoms with E-state index in [9.17, 15) is 4.79 Å². The quantitative estimate of drug-likeness (QED) is 0.773. The molecular formula is C11H22N2O2. The lowest BCUT2D eigenvalue weighted by atomic mass is 10.1. The highest BCUT2D eigenvalue weighted by Gasteiger charge is 2.15. The molecule has 1 saturated heterocycles. The summed E-state index contributed by atoms with van der Waals surface area (Å²) in [6.07, 6.45) is 1.80. The van der Waals surface area contributed by atoms with Crippen LogP contribution in [0.5, 0.6) is 0 Å². The highest BCUT2D eigenvalue weighted by atomic mass is 16.6. The van der Waals surface area contributed by atoms with Crippen molar-refractivity contribution in [3.63, 3.8) is 0 Å². The normalized spacial score (nSPS) is 17.7. The lowest BCUT2D eigenvalue weighted by Crippen LogP contribution is -2.34. The number of hydrogen-bond donors (Lipinski definition) is 1. The lowest BCUT2D eigenvalue weighted by Gasteiger charge is -2.19. The Morgan fingerprint density at radius 1 is 1.40 bits per heavy atom. The van der Waals surface area contributed by atoms with Crippen LogP contribution in [-0.2, 0) is 4.74 Å². The Labute approximate surface area is 92.0 Å². The van der Waals surface area contributed by atoms with Crippen LogP contribution in [0.3, 0.4) is 0 Å². The Morgan fingerprint density at radius 3 is 2.93 bits per heavy atom. The Kier molecular flexibility index (Phi) is 5.47. The molecule has 0 spiro atoms. The van der Waals surface area contributed by atoms with Gasteiger partial charge in [0.2, 0.25) is 0 Å². The van der Waals surface area contributed by atoms with E-state index in [1.54, 1.807) is 4.90 Å². The SMILES string of the molecule is CC(C)CCOC(=O)N1CCCNCC1. The highest BCUT2D eigenvalue weighted by molar-refractivity contribution is 5.67. The average Bonchev–Trinajstić information content (AvgIpc) is 2.44. The Bertz CT molecular complexity index is 187. The fourth-order valence-corrected chi connectivity index (χ4v) is 1.50. The van der Waals surface area contributed by atoms with E-state index in [0.29, 0.717) is 12.5 Å². The van der Waals surface area contributed by atoms with Crippen LogP contribution >= 0.6 is 0 Å². The number of carbonyl (C=O) groups is 1. The van der Waals surface area contributed by atoms with Crippen LogP contribution in [0.2, 0.25) is 0 Å². The van der Waals surface area contributed by atoms with Crippen molar-refractivity contribution in [2.75, 3.05) is 32.8 Å². The van der Waals surface area contributed by atoms with Gasteiger partial charge in [-0.25, -0.2) is 4.79 Å². The zero-order valence-electron chi connectivity index (χ0n) is 9.79. The third-order valence-corrected chi connectivity index (χ3v) is 2.52. The van der Waals surface area contributed by atoms with Crippen LogP contribution in [0.1, 0.15) is 26.7 Å². The standard InChI is InChI=1S/C11H22N2O2/c1-10(2)4-9-15-11(14)13-7-3-5-12-6-8-13/h10,12H,3-9H2,1-2H3. The van der Waals surface area contributed by atoms with Gasteiger partial charge in [-0.3, -0.25) is 0 Å². The summed E-state index contributed by atoms with van der Waals surface area (Å²) >= 11 is 0. The molecule has 1 amide bonds. The third kappa shape index (κ3) is 5.02. The van der Waals surface area contributed by atoms with Gasteiger partial charge in [-0.1, -0.05) is 13.8 Å². The molecule has 4 nitrogen and oxygen atoms in total. The second-order valence-electron chi connectivity index (χ2n) is 4.39. The van der Waals surface area contributed by atoms with Gasteiger partial charge in [-0.05, 0) is 25.3 Å². The van der Waals surface area contributed by atoms with E-state index >= 15 is 0 Å². The zero-order chi connectivity index (χ0) is 11.1. The number of ether oxygens (including phenoxy) is 1. The maximum atomic E-state index is 11.6. The third-order valence-electron chi connectivity index (χ3n) is 2.52. The first-order valence-electron chi connectivity index (χ1n) is 5.82. The molecule has 0 aliphatic carbocycles. The summed E-state index contributed by atoms with van der Waals surface area (Å²) in [5.74, 6) is 0.587. The molecule has 0 saturated carbocycles. The lowest BCUT2D eigenvalue weighted by molar-refractivity contribution is 0.100. The number of amides is 1. The fraction of sp³-hybridized carbons (Fsp3) is 0.909. The summed E-state index contributed by atoms with van der Waals surface area (Å²) in [6.45, 7) is 8.25. The Morgan fingerprint density at radius 2 is 2.20 bits per heavy atom. The molecule has 1 fully saturated rings. The van der Waals surface area contributed by atoms with Gasteiger partial charge in [0.25, 0.3) is 0 Å². The molecule has 1 N–H and O–H groups in total. The predicted molar refractivity (Wildman–Crippen MR) is 59.9 cm³/mol. The van der Waals surface area contributed by atoms with Crippen molar-refractivity contribution in [1.29, 1.82) is 0 Å². The van der Waals surface area contributed by atoms with Gasteiger partial charge in [0.1, 0.15) is 0 Å². The number of hydrogen-bond acceptors (Lipinski definition) is 3.